The van der Waals surface area contributed by atoms with E-state index in [2.05, 4.69) is 17.3 Å². The van der Waals surface area contributed by atoms with Crippen LogP contribution in [0.1, 0.15) is 29.0 Å². The van der Waals surface area contributed by atoms with Crippen LogP contribution in [0, 0.1) is 6.92 Å². The van der Waals surface area contributed by atoms with Crippen LogP contribution in [0.15, 0.2) is 40.8 Å². The van der Waals surface area contributed by atoms with E-state index in [0.29, 0.717) is 0 Å². The van der Waals surface area contributed by atoms with Gasteiger partial charge >= 0.3 is 0 Å². The number of rotatable bonds is 2. The number of hydrogen-bond donors (Lipinski definition) is 1. The molecular formula is C21H29Cl2N3O2. The first-order chi connectivity index (χ1) is 12.6. The van der Waals surface area contributed by atoms with Gasteiger partial charge in [0, 0.05) is 36.3 Å². The zero-order valence-corrected chi connectivity index (χ0v) is 18.1. The summed E-state index contributed by atoms with van der Waals surface area (Å²) in [4.78, 5) is 17.7. The number of nitrogens with zero attached hydrogens (tertiary/aromatic N) is 2. The molecule has 2 fully saturated rings. The second kappa shape index (κ2) is 9.31. The van der Waals surface area contributed by atoms with Crippen LogP contribution in [0.3, 0.4) is 0 Å². The zero-order chi connectivity index (χ0) is 18.1. The standard InChI is InChI=1S/C21H27N3O2.2ClH/c1-16-6-7-19(26-16)17-4-3-5-18(14-17)20(25)24-13-12-23(2)21(15-24)8-10-22-11-9-21;;/h3-7,14,22H,8-13,15H2,1-2H3;2*1H. The highest BCUT2D eigenvalue weighted by Crippen LogP contribution is 2.30. The van der Waals surface area contributed by atoms with Crippen molar-refractivity contribution in [3.63, 3.8) is 0 Å². The third-order valence-electron chi connectivity index (χ3n) is 5.96. The van der Waals surface area contributed by atoms with Gasteiger partial charge in [-0.1, -0.05) is 12.1 Å². The van der Waals surface area contributed by atoms with Crippen molar-refractivity contribution < 1.29 is 9.21 Å². The molecule has 1 amide bonds. The van der Waals surface area contributed by atoms with Crippen molar-refractivity contribution in [2.75, 3.05) is 39.8 Å². The lowest BCUT2D eigenvalue weighted by Crippen LogP contribution is -2.64. The average Bonchev–Trinajstić information content (AvgIpc) is 3.11. The number of amides is 1. The maximum atomic E-state index is 13.2. The maximum Gasteiger partial charge on any atom is 0.253 e. The van der Waals surface area contributed by atoms with Crippen molar-refractivity contribution in [2.24, 2.45) is 0 Å². The number of furan rings is 1. The number of halogens is 2. The van der Waals surface area contributed by atoms with Gasteiger partial charge in [-0.25, -0.2) is 0 Å². The van der Waals surface area contributed by atoms with E-state index in [1.807, 2.05) is 48.2 Å². The van der Waals surface area contributed by atoms with Crippen molar-refractivity contribution in [2.45, 2.75) is 25.3 Å². The quantitative estimate of drug-likeness (QED) is 0.797. The summed E-state index contributed by atoms with van der Waals surface area (Å²) in [5.41, 5.74) is 1.81. The molecule has 2 saturated heterocycles. The van der Waals surface area contributed by atoms with Gasteiger partial charge < -0.3 is 14.6 Å². The fourth-order valence-electron chi connectivity index (χ4n) is 4.25. The topological polar surface area (TPSA) is 48.7 Å². The Bertz CT molecular complexity index is 802. The Morgan fingerprint density at radius 2 is 1.86 bits per heavy atom. The van der Waals surface area contributed by atoms with Gasteiger partial charge in [-0.2, -0.15) is 0 Å². The lowest BCUT2D eigenvalue weighted by atomic mass is 9.84. The lowest BCUT2D eigenvalue weighted by molar-refractivity contribution is -0.000975. The van der Waals surface area contributed by atoms with Crippen LogP contribution >= 0.6 is 24.8 Å². The van der Waals surface area contributed by atoms with Gasteiger partial charge in [0.15, 0.2) is 0 Å². The number of carbonyl (C=O) groups is 1. The third kappa shape index (κ3) is 4.38. The average molecular weight is 426 g/mol. The van der Waals surface area contributed by atoms with E-state index in [1.54, 1.807) is 0 Å². The summed E-state index contributed by atoms with van der Waals surface area (Å²) >= 11 is 0. The van der Waals surface area contributed by atoms with Crippen LogP contribution in [-0.2, 0) is 0 Å². The minimum atomic E-state index is 0. The van der Waals surface area contributed by atoms with Gasteiger partial charge in [0.2, 0.25) is 0 Å². The first kappa shape index (κ1) is 22.8. The zero-order valence-electron chi connectivity index (χ0n) is 16.4. The highest BCUT2D eigenvalue weighted by molar-refractivity contribution is 5.95. The highest BCUT2D eigenvalue weighted by atomic mass is 35.5. The molecule has 154 valence electrons. The Balaban J connectivity index is 0.00000140. The van der Waals surface area contributed by atoms with E-state index in [4.69, 9.17) is 4.42 Å². The van der Waals surface area contributed by atoms with Crippen LogP contribution in [0.4, 0.5) is 0 Å². The van der Waals surface area contributed by atoms with Gasteiger partial charge in [-0.3, -0.25) is 9.69 Å². The second-order valence-corrected chi connectivity index (χ2v) is 7.61. The number of hydrogen-bond acceptors (Lipinski definition) is 4. The Kier molecular flexibility index (Phi) is 7.57. The van der Waals surface area contributed by atoms with E-state index in [1.165, 1.54) is 0 Å². The number of piperidine rings is 1. The molecule has 4 rings (SSSR count). The van der Waals surface area contributed by atoms with Crippen molar-refractivity contribution >= 4 is 30.7 Å². The fraction of sp³-hybridized carbons (Fsp3) is 0.476. The molecule has 5 nitrogen and oxygen atoms in total. The van der Waals surface area contributed by atoms with Crippen LogP contribution in [-0.4, -0.2) is 61.0 Å². The molecule has 2 aliphatic heterocycles. The van der Waals surface area contributed by atoms with Crippen molar-refractivity contribution in [3.05, 3.63) is 47.7 Å². The molecule has 2 aliphatic rings. The summed E-state index contributed by atoms with van der Waals surface area (Å²) in [6.07, 6.45) is 2.19. The molecule has 1 spiro atoms. The Morgan fingerprint density at radius 1 is 1.11 bits per heavy atom. The van der Waals surface area contributed by atoms with Crippen LogP contribution in [0.25, 0.3) is 11.3 Å². The van der Waals surface area contributed by atoms with Crippen molar-refractivity contribution in [1.82, 2.24) is 15.1 Å². The molecule has 2 aromatic rings. The number of benzene rings is 1. The minimum absolute atomic E-state index is 0. The minimum Gasteiger partial charge on any atom is -0.461 e. The Labute approximate surface area is 179 Å². The summed E-state index contributed by atoms with van der Waals surface area (Å²) in [6.45, 7) is 6.52. The van der Waals surface area contributed by atoms with Gasteiger partial charge in [-0.15, -0.1) is 24.8 Å². The highest BCUT2D eigenvalue weighted by Gasteiger charge is 2.41. The van der Waals surface area contributed by atoms with Gasteiger partial charge in [0.25, 0.3) is 5.91 Å². The summed E-state index contributed by atoms with van der Waals surface area (Å²) < 4.78 is 5.72. The molecule has 28 heavy (non-hydrogen) atoms. The molecule has 0 aliphatic carbocycles. The second-order valence-electron chi connectivity index (χ2n) is 7.61. The molecular weight excluding hydrogens is 397 g/mol. The fourth-order valence-corrected chi connectivity index (χ4v) is 4.25. The monoisotopic (exact) mass is 425 g/mol. The molecule has 1 aromatic carbocycles. The molecule has 3 heterocycles. The number of likely N-dealkylation sites (N-methyl/N-ethyl adjacent to an activating group) is 1. The van der Waals surface area contributed by atoms with Crippen molar-refractivity contribution in [3.8, 4) is 11.3 Å². The first-order valence-corrected chi connectivity index (χ1v) is 9.46. The number of piperazine rings is 1. The number of aryl methyl sites for hydroxylation is 1. The number of carbonyl (C=O) groups excluding carboxylic acids is 1. The smallest absolute Gasteiger partial charge is 0.253 e. The molecule has 0 atom stereocenters. The molecule has 0 bridgehead atoms. The number of nitrogens with one attached hydrogen (secondary N) is 1. The van der Waals surface area contributed by atoms with E-state index >= 15 is 0 Å². The summed E-state index contributed by atoms with van der Waals surface area (Å²) in [7, 11) is 2.20. The maximum absolute atomic E-state index is 13.2. The normalized spacial score (nSPS) is 19.0. The van der Waals surface area contributed by atoms with E-state index in [-0.39, 0.29) is 36.3 Å². The molecule has 0 saturated carbocycles. The molecule has 0 radical (unpaired) electrons. The predicted molar refractivity (Wildman–Crippen MR) is 117 cm³/mol. The van der Waals surface area contributed by atoms with Crippen molar-refractivity contribution in [1.29, 1.82) is 0 Å². The lowest BCUT2D eigenvalue weighted by Gasteiger charge is -2.51. The Hall–Kier alpha value is -1.53. The van der Waals surface area contributed by atoms with E-state index in [9.17, 15) is 4.79 Å². The SMILES string of the molecule is Cc1ccc(-c2cccc(C(=O)N3CCN(C)C4(CCNCC4)C3)c2)o1.Cl.Cl. The Morgan fingerprint density at radius 3 is 2.54 bits per heavy atom. The molecule has 1 N–H and O–H groups in total. The van der Waals surface area contributed by atoms with Gasteiger partial charge in [-0.05, 0) is 64.2 Å². The third-order valence-corrected chi connectivity index (χ3v) is 5.96. The van der Waals surface area contributed by atoms with E-state index < -0.39 is 0 Å². The predicted octanol–water partition coefficient (Wildman–Crippen LogP) is 3.61. The molecule has 7 heteroatoms. The van der Waals surface area contributed by atoms with Crippen LogP contribution in [0.5, 0.6) is 0 Å². The first-order valence-electron chi connectivity index (χ1n) is 9.46. The van der Waals surface area contributed by atoms with Crippen LogP contribution < -0.4 is 5.32 Å². The van der Waals surface area contributed by atoms with E-state index in [0.717, 1.165) is 68.2 Å². The van der Waals surface area contributed by atoms with Gasteiger partial charge in [0.05, 0.1) is 0 Å². The summed E-state index contributed by atoms with van der Waals surface area (Å²) in [5, 5.41) is 3.44. The molecule has 0 unspecified atom stereocenters. The van der Waals surface area contributed by atoms with Gasteiger partial charge in [0.1, 0.15) is 11.5 Å². The summed E-state index contributed by atoms with van der Waals surface area (Å²) in [6, 6.07) is 11.7. The molecule has 1 aromatic heterocycles. The summed E-state index contributed by atoms with van der Waals surface area (Å²) in [5.74, 6) is 1.81. The van der Waals surface area contributed by atoms with Crippen LogP contribution in [0.2, 0.25) is 0 Å². The largest absolute Gasteiger partial charge is 0.461 e.